The van der Waals surface area contributed by atoms with Crippen molar-refractivity contribution in [2.75, 3.05) is 49.3 Å². The quantitative estimate of drug-likeness (QED) is 0.772. The predicted molar refractivity (Wildman–Crippen MR) is 75.1 cm³/mol. The zero-order chi connectivity index (χ0) is 13.9. The fourth-order valence-electron chi connectivity index (χ4n) is 2.55. The molecule has 0 saturated carbocycles. The summed E-state index contributed by atoms with van der Waals surface area (Å²) in [5, 5.41) is 0. The van der Waals surface area contributed by atoms with E-state index in [4.69, 9.17) is 9.47 Å². The van der Waals surface area contributed by atoms with Gasteiger partial charge in [-0.2, -0.15) is 4.98 Å². The first-order valence-corrected chi connectivity index (χ1v) is 7.15. The molecule has 0 amide bonds. The highest BCUT2D eigenvalue weighted by Gasteiger charge is 2.28. The van der Waals surface area contributed by atoms with Crippen molar-refractivity contribution in [2.24, 2.45) is 0 Å². The van der Waals surface area contributed by atoms with Crippen LogP contribution in [0.15, 0.2) is 6.33 Å². The molecule has 2 aliphatic heterocycles. The van der Waals surface area contributed by atoms with E-state index < -0.39 is 0 Å². The molecule has 0 aromatic carbocycles. The maximum Gasteiger partial charge on any atom is 0.230 e. The minimum atomic E-state index is 0.187. The van der Waals surface area contributed by atoms with Gasteiger partial charge < -0.3 is 19.3 Å². The Hall–Kier alpha value is -1.47. The number of ether oxygens (including phenoxy) is 2. The van der Waals surface area contributed by atoms with Crippen LogP contribution in [0, 0.1) is 0 Å². The number of hydrogen-bond donors (Lipinski definition) is 0. The second-order valence-corrected chi connectivity index (χ2v) is 5.19. The Labute approximate surface area is 118 Å². The molecule has 110 valence electrons. The topological polar surface area (TPSA) is 63.6 Å². The maximum absolute atomic E-state index is 5.65. The van der Waals surface area contributed by atoms with Crippen molar-refractivity contribution < 1.29 is 9.47 Å². The van der Waals surface area contributed by atoms with E-state index in [1.807, 2.05) is 0 Å². The number of nitrogens with zero attached hydrogens (tertiary/aromatic N) is 5. The van der Waals surface area contributed by atoms with E-state index in [2.05, 4.69) is 38.6 Å². The molecular formula is C13H21N5O2. The zero-order valence-electron chi connectivity index (χ0n) is 12.0. The standard InChI is InChI=1S/C13H21N5O2/c1-10-11(2)20-8-5-18(10)13-15-9-14-12(16-13)17-3-6-19-7-4-17/h9-11H,3-8H2,1-2H3/t10-,11+/m1/s1. The molecule has 1 aromatic rings. The SMILES string of the molecule is C[C@@H]1OCCN(c2ncnc(N3CCOCC3)n2)[C@@H]1C. The van der Waals surface area contributed by atoms with Crippen LogP contribution < -0.4 is 9.80 Å². The Balaban J connectivity index is 1.79. The monoisotopic (exact) mass is 279 g/mol. The molecule has 0 spiro atoms. The second kappa shape index (κ2) is 5.88. The Bertz CT molecular complexity index is 452. The zero-order valence-corrected chi connectivity index (χ0v) is 12.0. The van der Waals surface area contributed by atoms with Gasteiger partial charge in [-0.15, -0.1) is 0 Å². The van der Waals surface area contributed by atoms with Crippen molar-refractivity contribution in [3.63, 3.8) is 0 Å². The minimum Gasteiger partial charge on any atom is -0.378 e. The summed E-state index contributed by atoms with van der Waals surface area (Å²) in [7, 11) is 0. The lowest BCUT2D eigenvalue weighted by Gasteiger charge is -2.38. The van der Waals surface area contributed by atoms with E-state index in [0.29, 0.717) is 6.61 Å². The summed E-state index contributed by atoms with van der Waals surface area (Å²) in [6.07, 6.45) is 1.78. The molecule has 0 N–H and O–H groups in total. The summed E-state index contributed by atoms with van der Waals surface area (Å²) in [6, 6.07) is 0.267. The van der Waals surface area contributed by atoms with Crippen LogP contribution in [-0.4, -0.2) is 66.6 Å². The fourth-order valence-corrected chi connectivity index (χ4v) is 2.55. The largest absolute Gasteiger partial charge is 0.378 e. The molecule has 20 heavy (non-hydrogen) atoms. The van der Waals surface area contributed by atoms with Gasteiger partial charge in [-0.3, -0.25) is 0 Å². The summed E-state index contributed by atoms with van der Waals surface area (Å²) in [4.78, 5) is 17.6. The van der Waals surface area contributed by atoms with Gasteiger partial charge in [0.15, 0.2) is 0 Å². The summed E-state index contributed by atoms with van der Waals surface area (Å²) in [6.45, 7) is 8.88. The van der Waals surface area contributed by atoms with Gasteiger partial charge >= 0.3 is 0 Å². The molecule has 2 atom stereocenters. The minimum absolute atomic E-state index is 0.187. The van der Waals surface area contributed by atoms with Crippen LogP contribution in [0.5, 0.6) is 0 Å². The molecule has 0 aliphatic carbocycles. The van der Waals surface area contributed by atoms with Crippen LogP contribution in [0.25, 0.3) is 0 Å². The molecule has 7 heteroatoms. The number of aromatic nitrogens is 3. The lowest BCUT2D eigenvalue weighted by molar-refractivity contribution is 0.0277. The molecule has 0 bridgehead atoms. The second-order valence-electron chi connectivity index (χ2n) is 5.19. The van der Waals surface area contributed by atoms with Crippen molar-refractivity contribution >= 4 is 11.9 Å². The maximum atomic E-state index is 5.65. The van der Waals surface area contributed by atoms with Crippen molar-refractivity contribution in [1.29, 1.82) is 0 Å². The highest BCUT2D eigenvalue weighted by atomic mass is 16.5. The van der Waals surface area contributed by atoms with E-state index >= 15 is 0 Å². The molecule has 0 radical (unpaired) electrons. The van der Waals surface area contributed by atoms with Gasteiger partial charge in [0.05, 0.1) is 32.0 Å². The van der Waals surface area contributed by atoms with E-state index in [0.717, 1.165) is 44.7 Å². The molecule has 7 nitrogen and oxygen atoms in total. The smallest absolute Gasteiger partial charge is 0.230 e. The van der Waals surface area contributed by atoms with Crippen LogP contribution >= 0.6 is 0 Å². The summed E-state index contributed by atoms with van der Waals surface area (Å²) < 4.78 is 11.0. The van der Waals surface area contributed by atoms with Gasteiger partial charge in [0, 0.05) is 19.6 Å². The van der Waals surface area contributed by atoms with Gasteiger partial charge in [-0.05, 0) is 13.8 Å². The highest BCUT2D eigenvalue weighted by Crippen LogP contribution is 2.20. The number of morpholine rings is 2. The van der Waals surface area contributed by atoms with Crippen molar-refractivity contribution in [3.05, 3.63) is 6.33 Å². The Kier molecular flexibility index (Phi) is 3.98. The van der Waals surface area contributed by atoms with E-state index in [1.165, 1.54) is 0 Å². The first-order valence-electron chi connectivity index (χ1n) is 7.15. The number of anilines is 2. The Morgan fingerprint density at radius 1 is 1.05 bits per heavy atom. The average molecular weight is 279 g/mol. The third kappa shape index (κ3) is 2.69. The van der Waals surface area contributed by atoms with Crippen LogP contribution in [0.4, 0.5) is 11.9 Å². The van der Waals surface area contributed by atoms with Crippen LogP contribution in [-0.2, 0) is 9.47 Å². The first-order chi connectivity index (χ1) is 9.75. The van der Waals surface area contributed by atoms with E-state index in [-0.39, 0.29) is 12.1 Å². The van der Waals surface area contributed by atoms with Crippen molar-refractivity contribution in [2.45, 2.75) is 26.0 Å². The Morgan fingerprint density at radius 3 is 2.60 bits per heavy atom. The fraction of sp³-hybridized carbons (Fsp3) is 0.769. The van der Waals surface area contributed by atoms with Crippen LogP contribution in [0.3, 0.4) is 0 Å². The average Bonchev–Trinajstić information content (AvgIpc) is 2.51. The van der Waals surface area contributed by atoms with Gasteiger partial charge in [-0.25, -0.2) is 9.97 Å². The van der Waals surface area contributed by atoms with Gasteiger partial charge in [-0.1, -0.05) is 0 Å². The Morgan fingerprint density at radius 2 is 1.80 bits per heavy atom. The van der Waals surface area contributed by atoms with Crippen LogP contribution in [0.2, 0.25) is 0 Å². The molecule has 2 saturated heterocycles. The summed E-state index contributed by atoms with van der Waals surface area (Å²) in [5.74, 6) is 1.48. The number of rotatable bonds is 2. The number of hydrogen-bond acceptors (Lipinski definition) is 7. The lowest BCUT2D eigenvalue weighted by atomic mass is 10.1. The van der Waals surface area contributed by atoms with Gasteiger partial charge in [0.2, 0.25) is 11.9 Å². The summed E-state index contributed by atoms with van der Waals surface area (Å²) >= 11 is 0. The molecule has 0 unspecified atom stereocenters. The van der Waals surface area contributed by atoms with E-state index in [1.54, 1.807) is 6.33 Å². The van der Waals surface area contributed by atoms with Crippen LogP contribution in [0.1, 0.15) is 13.8 Å². The van der Waals surface area contributed by atoms with Gasteiger partial charge in [0.1, 0.15) is 6.33 Å². The lowest BCUT2D eigenvalue weighted by Crippen LogP contribution is -2.49. The molecular weight excluding hydrogens is 258 g/mol. The molecule has 3 rings (SSSR count). The van der Waals surface area contributed by atoms with Crippen molar-refractivity contribution in [1.82, 2.24) is 15.0 Å². The van der Waals surface area contributed by atoms with E-state index in [9.17, 15) is 0 Å². The first kappa shape index (κ1) is 13.5. The van der Waals surface area contributed by atoms with Gasteiger partial charge in [0.25, 0.3) is 0 Å². The molecule has 1 aromatic heterocycles. The third-order valence-corrected chi connectivity index (χ3v) is 3.98. The third-order valence-electron chi connectivity index (χ3n) is 3.98. The summed E-state index contributed by atoms with van der Waals surface area (Å²) in [5.41, 5.74) is 0. The molecule has 2 aliphatic rings. The van der Waals surface area contributed by atoms with Crippen molar-refractivity contribution in [3.8, 4) is 0 Å². The predicted octanol–water partition coefficient (Wildman–Crippen LogP) is 0.322. The molecule has 3 heterocycles. The highest BCUT2D eigenvalue weighted by molar-refractivity contribution is 5.39. The normalized spacial score (nSPS) is 27.7. The molecule has 2 fully saturated rings.